The van der Waals surface area contributed by atoms with Crippen molar-refractivity contribution in [2.45, 2.75) is 67.9 Å². The highest BCUT2D eigenvalue weighted by atomic mass is 16.1. The van der Waals surface area contributed by atoms with E-state index in [0.717, 1.165) is 13.1 Å². The minimum atomic E-state index is 0. The highest BCUT2D eigenvalue weighted by Crippen LogP contribution is 2.15. The van der Waals surface area contributed by atoms with Crippen LogP contribution in [-0.2, 0) is 9.59 Å². The molecule has 1 heterocycles. The molecule has 0 aromatic rings. The first-order chi connectivity index (χ1) is 12.1. The third-order valence-electron chi connectivity index (χ3n) is 3.55. The zero-order chi connectivity index (χ0) is 20.5. The topological polar surface area (TPSA) is 43.9 Å². The zero-order valence-corrected chi connectivity index (χ0v) is 18.3. The van der Waals surface area contributed by atoms with Crippen molar-refractivity contribution in [3.8, 4) is 0 Å². The molecular formula is C24H53N3O2. The van der Waals surface area contributed by atoms with Gasteiger partial charge in [-0.05, 0) is 73.8 Å². The van der Waals surface area contributed by atoms with Crippen LogP contribution in [0.4, 0.5) is 0 Å². The number of likely N-dealkylation sites (N-methyl/N-ethyl adjacent to an activating group) is 2. The van der Waals surface area contributed by atoms with Crippen molar-refractivity contribution >= 4 is 11.6 Å². The van der Waals surface area contributed by atoms with Gasteiger partial charge in [0.2, 0.25) is 0 Å². The lowest BCUT2D eigenvalue weighted by Crippen LogP contribution is -2.22. The molecule has 5 heteroatoms. The Morgan fingerprint density at radius 2 is 1.38 bits per heavy atom. The fourth-order valence-corrected chi connectivity index (χ4v) is 2.03. The Morgan fingerprint density at radius 3 is 1.72 bits per heavy atom. The lowest BCUT2D eigenvalue weighted by atomic mass is 10.2. The van der Waals surface area contributed by atoms with E-state index >= 15 is 0 Å². The second kappa shape index (κ2) is 24.7. The van der Waals surface area contributed by atoms with Crippen LogP contribution in [0.15, 0.2) is 24.3 Å². The average Bonchev–Trinajstić information content (AvgIpc) is 2.97. The van der Waals surface area contributed by atoms with Crippen LogP contribution in [0.3, 0.4) is 0 Å². The molecule has 0 aromatic carbocycles. The van der Waals surface area contributed by atoms with E-state index in [2.05, 4.69) is 11.9 Å². The summed E-state index contributed by atoms with van der Waals surface area (Å²) in [6, 6.07) is 0.500. The highest BCUT2D eigenvalue weighted by molar-refractivity contribution is 5.89. The van der Waals surface area contributed by atoms with Gasteiger partial charge >= 0.3 is 0 Å². The van der Waals surface area contributed by atoms with Gasteiger partial charge < -0.3 is 9.80 Å². The molecule has 0 aliphatic carbocycles. The first kappa shape index (κ1) is 38.3. The standard InChI is InChI=1S/C10H17NO.C8H15NO.C3H9N.3CH4/c1-3-10(12)7-6-9-5-4-8-11(9)2;1-4-8(10)6-5-7-9(2)3;1-4(2)3;;;/h6-7,9H,3-5,8H2,1-2H3;5-6H,4,7H2,1-3H3;1-3H3;3*1H4/b7-6+;6-5+;;;;. The van der Waals surface area contributed by atoms with Gasteiger partial charge in [-0.1, -0.05) is 48.3 Å². The van der Waals surface area contributed by atoms with Crippen molar-refractivity contribution in [1.29, 1.82) is 0 Å². The lowest BCUT2D eigenvalue weighted by molar-refractivity contribution is -0.115. The first-order valence-electron chi connectivity index (χ1n) is 9.50. The van der Waals surface area contributed by atoms with Crippen molar-refractivity contribution in [3.63, 3.8) is 0 Å². The van der Waals surface area contributed by atoms with E-state index in [0.29, 0.717) is 18.9 Å². The largest absolute Gasteiger partial charge is 0.312 e. The Bertz CT molecular complexity index is 427. The molecular weight excluding hydrogens is 362 g/mol. The Balaban J connectivity index is -0.000000104. The number of hydrogen-bond donors (Lipinski definition) is 0. The Labute approximate surface area is 183 Å². The molecule has 0 aromatic heterocycles. The van der Waals surface area contributed by atoms with E-state index in [1.165, 1.54) is 12.8 Å². The summed E-state index contributed by atoms with van der Waals surface area (Å²) < 4.78 is 0. The summed E-state index contributed by atoms with van der Waals surface area (Å²) in [7, 11) is 12.1. The predicted octanol–water partition coefficient (Wildman–Crippen LogP) is 4.79. The first-order valence-corrected chi connectivity index (χ1v) is 9.50. The Hall–Kier alpha value is -1.30. The summed E-state index contributed by atoms with van der Waals surface area (Å²) in [5.74, 6) is 0.428. The van der Waals surface area contributed by atoms with Crippen molar-refractivity contribution in [3.05, 3.63) is 24.3 Å². The molecule has 0 saturated carbocycles. The van der Waals surface area contributed by atoms with Gasteiger partial charge in [0.25, 0.3) is 0 Å². The van der Waals surface area contributed by atoms with Crippen LogP contribution >= 0.6 is 0 Å². The third kappa shape index (κ3) is 29.0. The van der Waals surface area contributed by atoms with Crippen LogP contribution in [0.2, 0.25) is 0 Å². The highest BCUT2D eigenvalue weighted by Gasteiger charge is 2.17. The molecule has 0 spiro atoms. The van der Waals surface area contributed by atoms with Crippen molar-refractivity contribution < 1.29 is 9.59 Å². The third-order valence-corrected chi connectivity index (χ3v) is 3.55. The maximum absolute atomic E-state index is 11.0. The van der Waals surface area contributed by atoms with Crippen LogP contribution in [0.25, 0.3) is 0 Å². The van der Waals surface area contributed by atoms with Crippen LogP contribution in [0, 0.1) is 0 Å². The van der Waals surface area contributed by atoms with Crippen LogP contribution in [0.5, 0.6) is 0 Å². The fourth-order valence-electron chi connectivity index (χ4n) is 2.03. The molecule has 0 N–H and O–H groups in total. The number of carbonyl (C=O) groups is 2. The van der Waals surface area contributed by atoms with E-state index in [-0.39, 0.29) is 33.8 Å². The minimum Gasteiger partial charge on any atom is -0.312 e. The summed E-state index contributed by atoms with van der Waals surface area (Å²) in [5.41, 5.74) is 0. The van der Waals surface area contributed by atoms with Gasteiger partial charge in [0, 0.05) is 25.4 Å². The van der Waals surface area contributed by atoms with Gasteiger partial charge in [0.05, 0.1) is 0 Å². The molecule has 29 heavy (non-hydrogen) atoms. The van der Waals surface area contributed by atoms with E-state index < -0.39 is 0 Å². The summed E-state index contributed by atoms with van der Waals surface area (Å²) in [6.07, 6.45) is 11.0. The van der Waals surface area contributed by atoms with Gasteiger partial charge in [-0.15, -0.1) is 0 Å². The maximum atomic E-state index is 11.0. The average molecular weight is 416 g/mol. The number of ketones is 2. The monoisotopic (exact) mass is 415 g/mol. The molecule has 0 radical (unpaired) electrons. The zero-order valence-electron chi connectivity index (χ0n) is 18.3. The fraction of sp³-hybridized carbons (Fsp3) is 0.750. The van der Waals surface area contributed by atoms with E-state index in [9.17, 15) is 9.59 Å². The molecule has 5 nitrogen and oxygen atoms in total. The number of rotatable bonds is 7. The maximum Gasteiger partial charge on any atom is 0.155 e. The smallest absolute Gasteiger partial charge is 0.155 e. The van der Waals surface area contributed by atoms with E-state index in [4.69, 9.17) is 0 Å². The molecule has 1 saturated heterocycles. The van der Waals surface area contributed by atoms with Crippen molar-refractivity contribution in [2.75, 3.05) is 55.4 Å². The van der Waals surface area contributed by atoms with E-state index in [1.807, 2.05) is 71.0 Å². The Morgan fingerprint density at radius 1 is 0.931 bits per heavy atom. The molecule has 176 valence electrons. The van der Waals surface area contributed by atoms with Gasteiger partial charge in [-0.2, -0.15) is 0 Å². The number of hydrogen-bond acceptors (Lipinski definition) is 5. The van der Waals surface area contributed by atoms with Gasteiger partial charge in [0.15, 0.2) is 11.6 Å². The SMILES string of the molecule is C.C.C.CCC(=O)/C=C/C1CCCN1C.CCC(=O)/C=C/CN(C)C.CN(C)C. The number of carbonyl (C=O) groups excluding carboxylic acids is 2. The summed E-state index contributed by atoms with van der Waals surface area (Å²) in [6.45, 7) is 5.76. The Kier molecular flexibility index (Phi) is 32.7. The second-order valence-corrected chi connectivity index (χ2v) is 7.20. The van der Waals surface area contributed by atoms with Gasteiger partial charge in [-0.25, -0.2) is 0 Å². The number of allylic oxidation sites excluding steroid dienone is 2. The second-order valence-electron chi connectivity index (χ2n) is 7.20. The molecule has 1 atom stereocenters. The molecule has 1 aliphatic heterocycles. The lowest BCUT2D eigenvalue weighted by Gasteiger charge is -2.14. The van der Waals surface area contributed by atoms with Crippen LogP contribution in [-0.4, -0.2) is 87.7 Å². The summed E-state index contributed by atoms with van der Waals surface area (Å²) in [5, 5.41) is 0. The van der Waals surface area contributed by atoms with Gasteiger partial charge in [-0.3, -0.25) is 14.5 Å². The van der Waals surface area contributed by atoms with Crippen molar-refractivity contribution in [1.82, 2.24) is 14.7 Å². The molecule has 1 unspecified atom stereocenters. The van der Waals surface area contributed by atoms with Crippen LogP contribution < -0.4 is 0 Å². The molecule has 1 aliphatic rings. The minimum absolute atomic E-state index is 0. The van der Waals surface area contributed by atoms with E-state index in [1.54, 1.807) is 12.2 Å². The summed E-state index contributed by atoms with van der Waals surface area (Å²) in [4.78, 5) is 28.0. The van der Waals surface area contributed by atoms with Gasteiger partial charge in [0.1, 0.15) is 0 Å². The quantitative estimate of drug-likeness (QED) is 0.560. The normalized spacial score (nSPS) is 15.6. The van der Waals surface area contributed by atoms with Crippen molar-refractivity contribution in [2.24, 2.45) is 0 Å². The number of nitrogens with zero attached hydrogens (tertiary/aromatic N) is 3. The summed E-state index contributed by atoms with van der Waals surface area (Å²) >= 11 is 0. The molecule has 1 rings (SSSR count). The molecule has 0 amide bonds. The molecule has 0 bridgehead atoms. The molecule has 1 fully saturated rings. The predicted molar refractivity (Wildman–Crippen MR) is 133 cm³/mol. The van der Waals surface area contributed by atoms with Crippen LogP contribution in [0.1, 0.15) is 61.8 Å². The number of likely N-dealkylation sites (tertiary alicyclic amines) is 1.